The Hall–Kier alpha value is -3.61. The van der Waals surface area contributed by atoms with Crippen LogP contribution in [0.25, 0.3) is 0 Å². The van der Waals surface area contributed by atoms with Gasteiger partial charge in [-0.15, -0.1) is 0 Å². The number of carbonyl (C=O) groups excluding carboxylic acids is 3. The Morgan fingerprint density at radius 1 is 0.951 bits per heavy atom. The first-order chi connectivity index (χ1) is 18.8. The van der Waals surface area contributed by atoms with E-state index in [0.717, 1.165) is 0 Å². The Kier molecular flexibility index (Phi) is 7.43. The molecule has 0 bridgehead atoms. The zero-order chi connectivity index (χ0) is 30.6. The van der Waals surface area contributed by atoms with E-state index < -0.39 is 64.3 Å². The van der Waals surface area contributed by atoms with Gasteiger partial charge in [-0.3, -0.25) is 0 Å². The van der Waals surface area contributed by atoms with Crippen LogP contribution in [-0.4, -0.2) is 40.8 Å². The second-order valence-corrected chi connectivity index (χ2v) is 11.3. The standard InChI is InChI=1S/C28H27F6NO6/c1-16(17-10-19(27(29,30)31)12-20(11-17)28(32,33)34)39-15-25(18-8-6-5-7-9-18)13-26(14-25)21(36)40-22(37)35(26)23(38)41-24(2,3)4/h5-12,16H,13-15H2,1-4H3/t16-,25?,26?/m1/s1. The van der Waals surface area contributed by atoms with Gasteiger partial charge >= 0.3 is 30.5 Å². The third-order valence-corrected chi connectivity index (χ3v) is 7.08. The van der Waals surface area contributed by atoms with Crippen molar-refractivity contribution >= 4 is 18.2 Å². The van der Waals surface area contributed by atoms with E-state index in [1.165, 1.54) is 6.92 Å². The Bertz CT molecular complexity index is 1310. The molecule has 0 aromatic heterocycles. The van der Waals surface area contributed by atoms with Crippen molar-refractivity contribution in [3.63, 3.8) is 0 Å². The smallest absolute Gasteiger partial charge is 0.428 e. The molecule has 1 aliphatic carbocycles. The fraction of sp³-hybridized carbons (Fsp3) is 0.464. The molecule has 1 heterocycles. The molecule has 1 atom stereocenters. The van der Waals surface area contributed by atoms with Crippen molar-refractivity contribution in [2.75, 3.05) is 6.61 Å². The number of amides is 2. The van der Waals surface area contributed by atoms with Crippen LogP contribution < -0.4 is 0 Å². The maximum absolute atomic E-state index is 13.4. The van der Waals surface area contributed by atoms with Crippen LogP contribution in [0.5, 0.6) is 0 Å². The molecule has 7 nitrogen and oxygen atoms in total. The number of nitrogens with zero attached hydrogens (tertiary/aromatic N) is 1. The van der Waals surface area contributed by atoms with Crippen LogP contribution in [0.3, 0.4) is 0 Å². The highest BCUT2D eigenvalue weighted by Gasteiger charge is 2.71. The van der Waals surface area contributed by atoms with Gasteiger partial charge in [-0.25, -0.2) is 14.4 Å². The molecule has 0 radical (unpaired) electrons. The maximum Gasteiger partial charge on any atom is 0.428 e. The van der Waals surface area contributed by atoms with Crippen molar-refractivity contribution < 1.29 is 54.9 Å². The molecule has 41 heavy (non-hydrogen) atoms. The van der Waals surface area contributed by atoms with Crippen molar-refractivity contribution in [2.24, 2.45) is 0 Å². The van der Waals surface area contributed by atoms with E-state index in [2.05, 4.69) is 0 Å². The number of halogens is 6. The van der Waals surface area contributed by atoms with Crippen molar-refractivity contribution in [3.8, 4) is 0 Å². The van der Waals surface area contributed by atoms with Crippen molar-refractivity contribution in [1.29, 1.82) is 0 Å². The quantitative estimate of drug-likeness (QED) is 0.209. The average Bonchev–Trinajstić information content (AvgIpc) is 3.09. The summed E-state index contributed by atoms with van der Waals surface area (Å²) in [4.78, 5) is 38.9. The van der Waals surface area contributed by atoms with E-state index in [4.69, 9.17) is 14.2 Å². The Labute approximate surface area is 231 Å². The summed E-state index contributed by atoms with van der Waals surface area (Å²) in [5.41, 5.74) is -6.44. The lowest BCUT2D eigenvalue weighted by atomic mass is 9.54. The lowest BCUT2D eigenvalue weighted by Crippen LogP contribution is -2.67. The number of hydrogen-bond donors (Lipinski definition) is 0. The molecule has 13 heteroatoms. The van der Waals surface area contributed by atoms with Gasteiger partial charge in [0.15, 0.2) is 5.54 Å². The molecule has 1 spiro atoms. The highest BCUT2D eigenvalue weighted by Crippen LogP contribution is 2.56. The Balaban J connectivity index is 1.64. The molecule has 0 unspecified atom stereocenters. The summed E-state index contributed by atoms with van der Waals surface area (Å²) in [5, 5.41) is 0. The number of imide groups is 1. The fourth-order valence-electron chi connectivity index (χ4n) is 5.19. The van der Waals surface area contributed by atoms with E-state index in [9.17, 15) is 40.7 Å². The predicted molar refractivity (Wildman–Crippen MR) is 130 cm³/mol. The fourth-order valence-corrected chi connectivity index (χ4v) is 5.19. The van der Waals surface area contributed by atoms with Gasteiger partial charge in [-0.2, -0.15) is 31.2 Å². The van der Waals surface area contributed by atoms with Gasteiger partial charge in [0.1, 0.15) is 5.60 Å². The predicted octanol–water partition coefficient (Wildman–Crippen LogP) is 7.19. The third kappa shape index (κ3) is 5.90. The minimum absolute atomic E-state index is 0.0331. The molecule has 4 rings (SSSR count). The summed E-state index contributed by atoms with van der Waals surface area (Å²) >= 11 is 0. The summed E-state index contributed by atoms with van der Waals surface area (Å²) in [5.74, 6) is -0.972. The van der Waals surface area contributed by atoms with E-state index in [0.29, 0.717) is 22.6 Å². The second-order valence-electron chi connectivity index (χ2n) is 11.3. The molecule has 2 amide bonds. The van der Waals surface area contributed by atoms with Gasteiger partial charge in [0.05, 0.1) is 23.8 Å². The number of rotatable bonds is 5. The molecule has 2 aromatic rings. The number of cyclic esters (lactones) is 2. The maximum atomic E-state index is 13.4. The minimum atomic E-state index is -5.03. The van der Waals surface area contributed by atoms with Crippen LogP contribution in [0.4, 0.5) is 35.9 Å². The molecule has 1 aliphatic heterocycles. The van der Waals surface area contributed by atoms with Crippen LogP contribution in [0, 0.1) is 0 Å². The first-order valence-electron chi connectivity index (χ1n) is 12.5. The molecule has 2 fully saturated rings. The molecule has 0 N–H and O–H groups in total. The number of esters is 1. The second kappa shape index (κ2) is 10.0. The minimum Gasteiger partial charge on any atom is -0.443 e. The van der Waals surface area contributed by atoms with Gasteiger partial charge in [-0.1, -0.05) is 30.3 Å². The number of ether oxygens (including phenoxy) is 3. The van der Waals surface area contributed by atoms with Crippen molar-refractivity contribution in [3.05, 3.63) is 70.8 Å². The molecular formula is C28H27F6NO6. The zero-order valence-electron chi connectivity index (χ0n) is 22.5. The van der Waals surface area contributed by atoms with Crippen LogP contribution in [-0.2, 0) is 36.8 Å². The van der Waals surface area contributed by atoms with Crippen LogP contribution >= 0.6 is 0 Å². The molecule has 222 valence electrons. The topological polar surface area (TPSA) is 82.1 Å². The summed E-state index contributed by atoms with van der Waals surface area (Å²) in [6, 6.07) is 9.72. The molecular weight excluding hydrogens is 560 g/mol. The molecule has 1 saturated carbocycles. The molecule has 1 saturated heterocycles. The Morgan fingerprint density at radius 3 is 1.98 bits per heavy atom. The average molecular weight is 588 g/mol. The summed E-state index contributed by atoms with van der Waals surface area (Å²) in [7, 11) is 0. The first-order valence-corrected chi connectivity index (χ1v) is 12.5. The van der Waals surface area contributed by atoms with Crippen molar-refractivity contribution in [2.45, 2.75) is 75.5 Å². The van der Waals surface area contributed by atoms with E-state index in [1.807, 2.05) is 0 Å². The van der Waals surface area contributed by atoms with E-state index in [1.54, 1.807) is 51.1 Å². The van der Waals surface area contributed by atoms with Gasteiger partial charge in [0.25, 0.3) is 0 Å². The Morgan fingerprint density at radius 2 is 1.49 bits per heavy atom. The SMILES string of the molecule is C[C@@H](OCC1(c2ccccc2)CC2(C1)C(=O)OC(=O)N2C(=O)OC(C)(C)C)c1cc(C(F)(F)F)cc(C(F)(F)F)c1. The van der Waals surface area contributed by atoms with Crippen LogP contribution in [0.2, 0.25) is 0 Å². The normalized spacial score (nSPS) is 23.8. The number of hydrogen-bond acceptors (Lipinski definition) is 6. The molecule has 2 aliphatic rings. The summed E-state index contributed by atoms with van der Waals surface area (Å²) < 4.78 is 96.2. The van der Waals surface area contributed by atoms with E-state index >= 15 is 0 Å². The zero-order valence-corrected chi connectivity index (χ0v) is 22.5. The lowest BCUT2D eigenvalue weighted by Gasteiger charge is -2.54. The number of alkyl halides is 6. The van der Waals surface area contributed by atoms with Crippen LogP contribution in [0.15, 0.2) is 48.5 Å². The van der Waals surface area contributed by atoms with Crippen molar-refractivity contribution in [1.82, 2.24) is 4.90 Å². The highest BCUT2D eigenvalue weighted by molar-refractivity contribution is 6.07. The molecule has 2 aromatic carbocycles. The van der Waals surface area contributed by atoms with Gasteiger partial charge in [0.2, 0.25) is 0 Å². The van der Waals surface area contributed by atoms with E-state index in [-0.39, 0.29) is 31.1 Å². The third-order valence-electron chi connectivity index (χ3n) is 7.08. The number of carbonyl (C=O) groups is 3. The summed E-state index contributed by atoms with van der Waals surface area (Å²) in [6.45, 7) is 5.76. The van der Waals surface area contributed by atoms with Crippen LogP contribution in [0.1, 0.15) is 68.9 Å². The monoisotopic (exact) mass is 587 g/mol. The first kappa shape index (κ1) is 30.4. The van der Waals surface area contributed by atoms with Gasteiger partial charge < -0.3 is 14.2 Å². The largest absolute Gasteiger partial charge is 0.443 e. The van der Waals surface area contributed by atoms with Gasteiger partial charge in [0, 0.05) is 5.41 Å². The lowest BCUT2D eigenvalue weighted by molar-refractivity contribution is -0.151. The highest BCUT2D eigenvalue weighted by atomic mass is 19.4. The van der Waals surface area contributed by atoms with Gasteiger partial charge in [-0.05, 0) is 69.9 Å². The number of benzene rings is 2. The summed E-state index contributed by atoms with van der Waals surface area (Å²) in [6.07, 6.45) is -13.9.